The molecule has 0 radical (unpaired) electrons. The third-order valence-corrected chi connectivity index (χ3v) is 3.06. The fourth-order valence-corrected chi connectivity index (χ4v) is 2.01. The summed E-state index contributed by atoms with van der Waals surface area (Å²) >= 11 is 0. The van der Waals surface area contributed by atoms with Gasteiger partial charge in [0.15, 0.2) is 6.10 Å². The second kappa shape index (κ2) is 7.45. The van der Waals surface area contributed by atoms with Gasteiger partial charge in [-0.25, -0.2) is 0 Å². The average molecular weight is 287 g/mol. The Bertz CT molecular complexity index is 402. The van der Waals surface area contributed by atoms with Gasteiger partial charge in [-0.3, -0.25) is 4.79 Å². The monoisotopic (exact) mass is 286 g/mol. The summed E-state index contributed by atoms with van der Waals surface area (Å²) in [7, 11) is 0. The smallest absolute Gasteiger partial charge is 0.256 e. The van der Waals surface area contributed by atoms with Gasteiger partial charge in [-0.05, 0) is 5.56 Å². The Morgan fingerprint density at radius 1 is 1.47 bits per heavy atom. The van der Waals surface area contributed by atoms with Crippen LogP contribution in [0, 0.1) is 0 Å². The molecular formula is C13H19ClN2O3. The molecule has 0 aromatic heterocycles. The largest absolute Gasteiger partial charge is 0.378 e. The van der Waals surface area contributed by atoms with E-state index in [4.69, 9.17) is 10.5 Å². The van der Waals surface area contributed by atoms with Crippen molar-refractivity contribution in [3.63, 3.8) is 0 Å². The second-order valence-electron chi connectivity index (χ2n) is 4.33. The molecular weight excluding hydrogens is 268 g/mol. The molecule has 0 spiro atoms. The molecule has 0 saturated carbocycles. The molecule has 1 aromatic rings. The minimum absolute atomic E-state index is 0. The fraction of sp³-hybridized carbons (Fsp3) is 0.462. The zero-order valence-corrected chi connectivity index (χ0v) is 11.4. The lowest BCUT2D eigenvalue weighted by Gasteiger charge is -2.33. The van der Waals surface area contributed by atoms with Gasteiger partial charge in [0.25, 0.3) is 5.91 Å². The average Bonchev–Trinajstić information content (AvgIpc) is 2.46. The first-order chi connectivity index (χ1) is 8.72. The molecule has 2 unspecified atom stereocenters. The molecule has 1 amide bonds. The van der Waals surface area contributed by atoms with Crippen LogP contribution in [0.25, 0.3) is 0 Å². The Morgan fingerprint density at radius 3 is 2.79 bits per heavy atom. The van der Waals surface area contributed by atoms with E-state index in [2.05, 4.69) is 0 Å². The van der Waals surface area contributed by atoms with Crippen LogP contribution in [-0.2, 0) is 9.53 Å². The van der Waals surface area contributed by atoms with Crippen LogP contribution in [0.5, 0.6) is 0 Å². The molecule has 2 rings (SSSR count). The molecule has 106 valence electrons. The van der Waals surface area contributed by atoms with E-state index in [-0.39, 0.29) is 24.4 Å². The van der Waals surface area contributed by atoms with Crippen LogP contribution in [0.2, 0.25) is 0 Å². The summed E-state index contributed by atoms with van der Waals surface area (Å²) in [5.41, 5.74) is 6.14. The Kier molecular flexibility index (Phi) is 6.24. The van der Waals surface area contributed by atoms with Gasteiger partial charge in [0, 0.05) is 19.6 Å². The van der Waals surface area contributed by atoms with Gasteiger partial charge in [0.2, 0.25) is 0 Å². The molecule has 5 nitrogen and oxygen atoms in total. The summed E-state index contributed by atoms with van der Waals surface area (Å²) in [6.07, 6.45) is -1.24. The van der Waals surface area contributed by atoms with E-state index in [1.54, 1.807) is 29.2 Å². The Morgan fingerprint density at radius 2 is 2.16 bits per heavy atom. The molecule has 2 atom stereocenters. The summed E-state index contributed by atoms with van der Waals surface area (Å²) in [6, 6.07) is 8.93. The number of carbonyl (C=O) groups is 1. The molecule has 6 heteroatoms. The van der Waals surface area contributed by atoms with E-state index in [1.165, 1.54) is 0 Å². The standard InChI is InChI=1S/C13H18N2O3.ClH/c14-8-11-9-15(6-7-18-11)13(17)12(16)10-4-2-1-3-5-10;/h1-5,11-12,16H,6-9,14H2;1H. The maximum atomic E-state index is 12.1. The number of rotatable bonds is 3. The van der Waals surface area contributed by atoms with Gasteiger partial charge in [-0.1, -0.05) is 30.3 Å². The highest BCUT2D eigenvalue weighted by atomic mass is 35.5. The summed E-state index contributed by atoms with van der Waals surface area (Å²) in [4.78, 5) is 13.7. The third-order valence-electron chi connectivity index (χ3n) is 3.06. The Hall–Kier alpha value is -1.14. The first kappa shape index (κ1) is 15.9. The van der Waals surface area contributed by atoms with Crippen LogP contribution in [0.1, 0.15) is 11.7 Å². The third kappa shape index (κ3) is 3.91. The molecule has 1 aliphatic rings. The van der Waals surface area contributed by atoms with Crippen molar-refractivity contribution < 1.29 is 14.6 Å². The van der Waals surface area contributed by atoms with Gasteiger partial charge >= 0.3 is 0 Å². The van der Waals surface area contributed by atoms with Crippen LogP contribution < -0.4 is 5.73 Å². The second-order valence-corrected chi connectivity index (χ2v) is 4.33. The van der Waals surface area contributed by atoms with E-state index >= 15 is 0 Å². The maximum absolute atomic E-state index is 12.1. The molecule has 1 fully saturated rings. The van der Waals surface area contributed by atoms with Gasteiger partial charge in [0.05, 0.1) is 12.7 Å². The van der Waals surface area contributed by atoms with Crippen molar-refractivity contribution in [1.29, 1.82) is 0 Å². The van der Waals surface area contributed by atoms with Crippen molar-refractivity contribution in [2.75, 3.05) is 26.2 Å². The van der Waals surface area contributed by atoms with Crippen molar-refractivity contribution in [2.24, 2.45) is 5.73 Å². The normalized spacial score (nSPS) is 20.5. The summed E-state index contributed by atoms with van der Waals surface area (Å²) in [5, 5.41) is 10.0. The van der Waals surface area contributed by atoms with Gasteiger partial charge in [-0.15, -0.1) is 12.4 Å². The number of amides is 1. The van der Waals surface area contributed by atoms with E-state index in [1.807, 2.05) is 6.07 Å². The zero-order chi connectivity index (χ0) is 13.0. The number of benzene rings is 1. The summed E-state index contributed by atoms with van der Waals surface area (Å²) < 4.78 is 5.39. The molecule has 0 bridgehead atoms. The zero-order valence-electron chi connectivity index (χ0n) is 10.6. The molecule has 1 aromatic carbocycles. The topological polar surface area (TPSA) is 75.8 Å². The SMILES string of the molecule is Cl.NCC1CN(C(=O)C(O)c2ccccc2)CCO1. The van der Waals surface area contributed by atoms with Crippen molar-refractivity contribution in [3.8, 4) is 0 Å². The van der Waals surface area contributed by atoms with Gasteiger partial charge in [0.1, 0.15) is 0 Å². The van der Waals surface area contributed by atoms with E-state index < -0.39 is 6.10 Å². The Labute approximate surface area is 118 Å². The van der Waals surface area contributed by atoms with Crippen LogP contribution >= 0.6 is 12.4 Å². The lowest BCUT2D eigenvalue weighted by molar-refractivity contribution is -0.147. The number of nitrogens with two attached hydrogens (primary N) is 1. The first-order valence-electron chi connectivity index (χ1n) is 6.06. The highest BCUT2D eigenvalue weighted by molar-refractivity contribution is 5.85. The molecule has 3 N–H and O–H groups in total. The molecule has 1 aliphatic heterocycles. The highest BCUT2D eigenvalue weighted by Gasteiger charge is 2.28. The number of halogens is 1. The number of hydrogen-bond donors (Lipinski definition) is 2. The number of carbonyl (C=O) groups excluding carboxylic acids is 1. The summed E-state index contributed by atoms with van der Waals surface area (Å²) in [6.45, 7) is 1.79. The minimum atomic E-state index is -1.11. The maximum Gasteiger partial charge on any atom is 0.256 e. The molecule has 19 heavy (non-hydrogen) atoms. The van der Waals surface area contributed by atoms with Gasteiger partial charge in [-0.2, -0.15) is 0 Å². The van der Waals surface area contributed by atoms with Crippen LogP contribution in [0.4, 0.5) is 0 Å². The lowest BCUT2D eigenvalue weighted by Crippen LogP contribution is -2.49. The molecule has 1 saturated heterocycles. The number of ether oxygens (including phenoxy) is 1. The van der Waals surface area contributed by atoms with Gasteiger partial charge < -0.3 is 20.5 Å². The van der Waals surface area contributed by atoms with E-state index in [9.17, 15) is 9.90 Å². The summed E-state index contributed by atoms with van der Waals surface area (Å²) in [5.74, 6) is -0.289. The van der Waals surface area contributed by atoms with E-state index in [0.717, 1.165) is 0 Å². The number of nitrogens with zero attached hydrogens (tertiary/aromatic N) is 1. The Balaban J connectivity index is 0.00000180. The molecule has 1 heterocycles. The van der Waals surface area contributed by atoms with Crippen molar-refractivity contribution in [3.05, 3.63) is 35.9 Å². The predicted octanol–water partition coefficient (Wildman–Crippen LogP) is 0.328. The predicted molar refractivity (Wildman–Crippen MR) is 74.0 cm³/mol. The highest BCUT2D eigenvalue weighted by Crippen LogP contribution is 2.17. The van der Waals surface area contributed by atoms with Crippen LogP contribution in [0.3, 0.4) is 0 Å². The van der Waals surface area contributed by atoms with Crippen molar-refractivity contribution in [2.45, 2.75) is 12.2 Å². The molecule has 0 aliphatic carbocycles. The number of morpholine rings is 1. The first-order valence-corrected chi connectivity index (χ1v) is 6.06. The number of aliphatic hydroxyl groups is 1. The fourth-order valence-electron chi connectivity index (χ4n) is 2.01. The van der Waals surface area contributed by atoms with Crippen molar-refractivity contribution >= 4 is 18.3 Å². The number of hydrogen-bond acceptors (Lipinski definition) is 4. The number of aliphatic hydroxyl groups excluding tert-OH is 1. The quantitative estimate of drug-likeness (QED) is 0.839. The minimum Gasteiger partial charge on any atom is -0.378 e. The van der Waals surface area contributed by atoms with E-state index in [0.29, 0.717) is 31.8 Å². The van der Waals surface area contributed by atoms with Crippen molar-refractivity contribution in [1.82, 2.24) is 4.90 Å². The van der Waals surface area contributed by atoms with Crippen LogP contribution in [0.15, 0.2) is 30.3 Å². The van der Waals surface area contributed by atoms with Crippen LogP contribution in [-0.4, -0.2) is 48.3 Å². The lowest BCUT2D eigenvalue weighted by atomic mass is 10.1.